The van der Waals surface area contributed by atoms with Gasteiger partial charge in [0.15, 0.2) is 0 Å². The van der Waals surface area contributed by atoms with E-state index in [1.165, 1.54) is 12.8 Å². The molecule has 1 aliphatic heterocycles. The number of aromatic nitrogens is 3. The highest BCUT2D eigenvalue weighted by Gasteiger charge is 2.37. The summed E-state index contributed by atoms with van der Waals surface area (Å²) in [4.78, 5) is 15.0. The highest BCUT2D eigenvalue weighted by atomic mass is 31.2. The molecule has 5 rings (SSSR count). The molecule has 3 N–H and O–H groups in total. The molecule has 0 atom stereocenters. The number of H-pyrrole nitrogens is 1. The second kappa shape index (κ2) is 8.41. The average molecular weight is 455 g/mol. The quantitative estimate of drug-likeness (QED) is 0.466. The Morgan fingerprint density at radius 1 is 1.25 bits per heavy atom. The van der Waals surface area contributed by atoms with Crippen LogP contribution in [0.1, 0.15) is 25.3 Å². The number of hydrogen-bond donors (Lipinski definition) is 3. The molecule has 1 aromatic carbocycles. The predicted molar refractivity (Wildman–Crippen MR) is 131 cm³/mol. The van der Waals surface area contributed by atoms with Gasteiger partial charge in [0.05, 0.1) is 18.2 Å². The van der Waals surface area contributed by atoms with E-state index < -0.39 is 7.14 Å². The monoisotopic (exact) mass is 454 g/mol. The van der Waals surface area contributed by atoms with Crippen LogP contribution in [0.15, 0.2) is 24.4 Å². The van der Waals surface area contributed by atoms with Crippen molar-refractivity contribution >= 4 is 40.9 Å². The van der Waals surface area contributed by atoms with Gasteiger partial charge in [-0.05, 0) is 50.5 Å². The second-order valence-electron chi connectivity index (χ2n) is 8.73. The van der Waals surface area contributed by atoms with E-state index in [2.05, 4.69) is 30.5 Å². The summed E-state index contributed by atoms with van der Waals surface area (Å²) in [5.74, 6) is 1.92. The lowest BCUT2D eigenvalue weighted by Gasteiger charge is -2.32. The summed E-state index contributed by atoms with van der Waals surface area (Å²) < 4.78 is 19.3. The Hall–Kier alpha value is -2.57. The van der Waals surface area contributed by atoms with Crippen molar-refractivity contribution in [1.82, 2.24) is 19.9 Å². The molecule has 0 spiro atoms. The standard InChI is InChI=1S/C23H31N6O2P/c1-4-24-21-20-15(2)14-25-22(20)28-23(27-21)26-18-8-7-17(13-19(18)31-3)32(30)11-9-29(10-12-32)16-5-6-16/h7-8,13-14,16H,4-6,9-12H2,1-3H3,(H3,24,25,26,27,28). The topological polar surface area (TPSA) is 95.2 Å². The third-order valence-electron chi connectivity index (χ3n) is 6.54. The minimum absolute atomic E-state index is 0.478. The summed E-state index contributed by atoms with van der Waals surface area (Å²) in [6.45, 7) is 6.71. The fourth-order valence-corrected chi connectivity index (χ4v) is 7.16. The highest BCUT2D eigenvalue weighted by molar-refractivity contribution is 7.71. The number of aromatic amines is 1. The third kappa shape index (κ3) is 3.97. The third-order valence-corrected chi connectivity index (χ3v) is 9.60. The van der Waals surface area contributed by atoms with Crippen LogP contribution in [0.5, 0.6) is 5.75 Å². The molecule has 3 heterocycles. The Kier molecular flexibility index (Phi) is 5.59. The molecule has 1 aliphatic carbocycles. The van der Waals surface area contributed by atoms with Gasteiger partial charge >= 0.3 is 0 Å². The molecule has 8 nitrogen and oxygen atoms in total. The average Bonchev–Trinajstić information content (AvgIpc) is 3.57. The van der Waals surface area contributed by atoms with Gasteiger partial charge in [-0.15, -0.1) is 0 Å². The van der Waals surface area contributed by atoms with Crippen molar-refractivity contribution in [3.05, 3.63) is 30.0 Å². The van der Waals surface area contributed by atoms with Crippen LogP contribution in [0, 0.1) is 6.92 Å². The van der Waals surface area contributed by atoms with Crippen molar-refractivity contribution in [3.8, 4) is 5.75 Å². The fourth-order valence-electron chi connectivity index (χ4n) is 4.56. The molecule has 0 radical (unpaired) electrons. The summed E-state index contributed by atoms with van der Waals surface area (Å²) in [6, 6.07) is 6.57. The van der Waals surface area contributed by atoms with Crippen molar-refractivity contribution in [1.29, 1.82) is 0 Å². The van der Waals surface area contributed by atoms with E-state index in [9.17, 15) is 4.57 Å². The van der Waals surface area contributed by atoms with Crippen LogP contribution >= 0.6 is 7.14 Å². The Balaban J connectivity index is 1.40. The van der Waals surface area contributed by atoms with Crippen molar-refractivity contribution < 1.29 is 9.30 Å². The van der Waals surface area contributed by atoms with Crippen molar-refractivity contribution in [2.24, 2.45) is 0 Å². The maximum atomic E-state index is 13.7. The molecule has 9 heteroatoms. The van der Waals surface area contributed by atoms with Gasteiger partial charge in [0.25, 0.3) is 0 Å². The van der Waals surface area contributed by atoms with Crippen LogP contribution in [-0.4, -0.2) is 65.0 Å². The SMILES string of the molecule is CCNc1nc(Nc2ccc(P3(=O)CCN(C4CC4)CC3)cc2OC)nc2[nH]cc(C)c12. The van der Waals surface area contributed by atoms with Gasteiger partial charge in [0.2, 0.25) is 5.95 Å². The van der Waals surface area contributed by atoms with Crippen molar-refractivity contribution in [2.45, 2.75) is 32.7 Å². The van der Waals surface area contributed by atoms with Gasteiger partial charge in [0.1, 0.15) is 24.4 Å². The lowest BCUT2D eigenvalue weighted by molar-refractivity contribution is 0.285. The normalized spacial score (nSPS) is 18.6. The number of hydrogen-bond acceptors (Lipinski definition) is 7. The number of aryl methyl sites for hydroxylation is 1. The van der Waals surface area contributed by atoms with Crippen LogP contribution in [0.4, 0.5) is 17.5 Å². The lowest BCUT2D eigenvalue weighted by Crippen LogP contribution is -2.38. The minimum atomic E-state index is -2.40. The van der Waals surface area contributed by atoms with Crippen LogP contribution < -0.4 is 20.7 Å². The summed E-state index contributed by atoms with van der Waals surface area (Å²) in [6.07, 6.45) is 6.02. The first-order chi connectivity index (χ1) is 15.5. The van der Waals surface area contributed by atoms with Crippen LogP contribution in [-0.2, 0) is 4.57 Å². The first-order valence-electron chi connectivity index (χ1n) is 11.4. The summed E-state index contributed by atoms with van der Waals surface area (Å²) in [5, 5.41) is 8.51. The Morgan fingerprint density at radius 3 is 2.72 bits per heavy atom. The molecule has 1 saturated heterocycles. The van der Waals surface area contributed by atoms with Gasteiger partial charge in [-0.25, -0.2) is 0 Å². The van der Waals surface area contributed by atoms with E-state index in [0.29, 0.717) is 11.7 Å². The van der Waals surface area contributed by atoms with Gasteiger partial charge in [-0.1, -0.05) is 0 Å². The predicted octanol–water partition coefficient (Wildman–Crippen LogP) is 3.92. The second-order valence-corrected chi connectivity index (χ2v) is 11.9. The molecule has 2 aromatic heterocycles. The lowest BCUT2D eigenvalue weighted by atomic mass is 10.2. The van der Waals surface area contributed by atoms with Gasteiger partial charge in [-0.3, -0.25) is 4.90 Å². The van der Waals surface area contributed by atoms with Gasteiger partial charge in [-0.2, -0.15) is 9.97 Å². The molecule has 0 bridgehead atoms. The molecular weight excluding hydrogens is 423 g/mol. The molecule has 2 aliphatic rings. The number of ether oxygens (including phenoxy) is 1. The first kappa shape index (κ1) is 21.3. The Morgan fingerprint density at radius 2 is 2.03 bits per heavy atom. The van der Waals surface area contributed by atoms with Crippen LogP contribution in [0.3, 0.4) is 0 Å². The van der Waals surface area contributed by atoms with Crippen molar-refractivity contribution in [2.75, 3.05) is 49.7 Å². The van der Waals surface area contributed by atoms with E-state index in [4.69, 9.17) is 4.74 Å². The number of anilines is 3. The summed E-state index contributed by atoms with van der Waals surface area (Å²) in [5.41, 5.74) is 2.63. The highest BCUT2D eigenvalue weighted by Crippen LogP contribution is 2.48. The largest absolute Gasteiger partial charge is 0.495 e. The van der Waals surface area contributed by atoms with E-state index >= 15 is 0 Å². The number of fused-ring (bicyclic) bond motifs is 1. The van der Waals surface area contributed by atoms with Crippen molar-refractivity contribution in [3.63, 3.8) is 0 Å². The van der Waals surface area contributed by atoms with E-state index in [1.54, 1.807) is 7.11 Å². The molecule has 0 amide bonds. The number of rotatable bonds is 7. The Labute approximate surface area is 188 Å². The fraction of sp³-hybridized carbons (Fsp3) is 0.478. The zero-order valence-corrected chi connectivity index (χ0v) is 19.8. The Bertz CT molecular complexity index is 1180. The molecular formula is C23H31N6O2P. The van der Waals surface area contributed by atoms with Crippen LogP contribution in [0.25, 0.3) is 11.0 Å². The molecule has 170 valence electrons. The molecule has 32 heavy (non-hydrogen) atoms. The zero-order chi connectivity index (χ0) is 22.3. The number of nitrogens with zero attached hydrogens (tertiary/aromatic N) is 3. The van der Waals surface area contributed by atoms with Gasteiger partial charge < -0.3 is 24.9 Å². The van der Waals surface area contributed by atoms with Gasteiger partial charge in [0, 0.05) is 49.5 Å². The number of methoxy groups -OCH3 is 1. The summed E-state index contributed by atoms with van der Waals surface area (Å²) >= 11 is 0. The maximum Gasteiger partial charge on any atom is 0.231 e. The molecule has 0 unspecified atom stereocenters. The maximum absolute atomic E-state index is 13.7. The zero-order valence-electron chi connectivity index (χ0n) is 18.9. The number of nitrogens with one attached hydrogen (secondary N) is 3. The molecule has 2 fully saturated rings. The van der Waals surface area contributed by atoms with E-state index in [-0.39, 0.29) is 0 Å². The first-order valence-corrected chi connectivity index (χ1v) is 13.5. The number of benzene rings is 1. The minimum Gasteiger partial charge on any atom is -0.495 e. The van der Waals surface area contributed by atoms with E-state index in [1.807, 2.05) is 38.2 Å². The van der Waals surface area contributed by atoms with Crippen LogP contribution in [0.2, 0.25) is 0 Å². The molecule has 3 aromatic rings. The summed E-state index contributed by atoms with van der Waals surface area (Å²) in [7, 11) is -0.763. The smallest absolute Gasteiger partial charge is 0.231 e. The molecule has 1 saturated carbocycles. The van der Waals surface area contributed by atoms with E-state index in [0.717, 1.165) is 71.4 Å².